The number of aryl methyl sites for hydroxylation is 2. The molecule has 0 bridgehead atoms. The highest BCUT2D eigenvalue weighted by Crippen LogP contribution is 2.35. The predicted molar refractivity (Wildman–Crippen MR) is 86.9 cm³/mol. The maximum Gasteiger partial charge on any atom is 0.136 e. The Morgan fingerprint density at radius 2 is 1.86 bits per heavy atom. The molecular weight excluding hydrogens is 284 g/mol. The van der Waals surface area contributed by atoms with Gasteiger partial charge in [0.1, 0.15) is 11.6 Å². The zero-order chi connectivity index (χ0) is 16.4. The van der Waals surface area contributed by atoms with Crippen molar-refractivity contribution in [3.63, 3.8) is 0 Å². The lowest BCUT2D eigenvalue weighted by Crippen LogP contribution is -2.24. The first-order valence-corrected chi connectivity index (χ1v) is 7.00. The minimum Gasteiger partial charge on any atom is -0.226 e. The first-order valence-electron chi connectivity index (χ1n) is 7.00. The largest absolute Gasteiger partial charge is 0.226 e. The zero-order valence-corrected chi connectivity index (χ0v) is 13.0. The average molecular weight is 303 g/mol. The Labute approximate surface area is 129 Å². The van der Waals surface area contributed by atoms with E-state index in [1.54, 1.807) is 0 Å². The van der Waals surface area contributed by atoms with E-state index in [1.165, 1.54) is 19.1 Å². The van der Waals surface area contributed by atoms with Crippen molar-refractivity contribution in [2.45, 2.75) is 27.2 Å². The van der Waals surface area contributed by atoms with Crippen LogP contribution in [0.2, 0.25) is 0 Å². The Morgan fingerprint density at radius 1 is 1.18 bits per heavy atom. The van der Waals surface area contributed by atoms with Gasteiger partial charge in [0.15, 0.2) is 0 Å². The molecule has 116 valence electrons. The number of rotatable bonds is 4. The summed E-state index contributed by atoms with van der Waals surface area (Å²) in [5.74, 6) is 4.66. The van der Waals surface area contributed by atoms with E-state index in [4.69, 9.17) is 5.84 Å². The van der Waals surface area contributed by atoms with Crippen molar-refractivity contribution >= 4 is 12.4 Å². The number of hydrogen-bond donors (Lipinski definition) is 1. The fourth-order valence-electron chi connectivity index (χ4n) is 2.47. The summed E-state index contributed by atoms with van der Waals surface area (Å²) in [5, 5.41) is 4.79. The highest BCUT2D eigenvalue weighted by atomic mass is 19.1. The van der Waals surface area contributed by atoms with Crippen molar-refractivity contribution in [3.05, 3.63) is 52.6 Å². The van der Waals surface area contributed by atoms with Crippen LogP contribution in [0.15, 0.2) is 29.4 Å². The van der Waals surface area contributed by atoms with Crippen molar-refractivity contribution in [1.82, 2.24) is 0 Å². The summed E-state index contributed by atoms with van der Waals surface area (Å²) in [5.41, 5.74) is 3.46. The van der Waals surface area contributed by atoms with Crippen molar-refractivity contribution in [2.75, 3.05) is 5.12 Å². The van der Waals surface area contributed by atoms with Crippen LogP contribution in [0.1, 0.15) is 23.6 Å². The van der Waals surface area contributed by atoms with Crippen LogP contribution in [-0.2, 0) is 6.42 Å². The zero-order valence-electron chi connectivity index (χ0n) is 13.0. The second kappa shape index (κ2) is 6.23. The molecule has 0 saturated heterocycles. The van der Waals surface area contributed by atoms with Crippen LogP contribution in [0.4, 0.5) is 14.5 Å². The molecule has 5 heteroatoms. The molecule has 2 N–H and O–H groups in total. The Kier molecular flexibility index (Phi) is 4.56. The van der Waals surface area contributed by atoms with Gasteiger partial charge in [-0.1, -0.05) is 6.92 Å². The maximum atomic E-state index is 14.5. The topological polar surface area (TPSA) is 41.6 Å². The van der Waals surface area contributed by atoms with Crippen LogP contribution in [0.5, 0.6) is 0 Å². The van der Waals surface area contributed by atoms with E-state index in [0.29, 0.717) is 16.8 Å². The first-order chi connectivity index (χ1) is 10.4. The van der Waals surface area contributed by atoms with Crippen LogP contribution >= 0.6 is 0 Å². The summed E-state index contributed by atoms with van der Waals surface area (Å²) >= 11 is 0. The number of hydrazine groups is 1. The van der Waals surface area contributed by atoms with Gasteiger partial charge in [0, 0.05) is 23.4 Å². The van der Waals surface area contributed by atoms with Crippen LogP contribution in [0.25, 0.3) is 11.1 Å². The molecule has 0 unspecified atom stereocenters. The number of hydrazone groups is 1. The SMILES string of the molecule is C=NN(N)c1cc(CC)c(C)cc1-c1ccc(F)c(C)c1F. The van der Waals surface area contributed by atoms with Crippen LogP contribution in [-0.4, -0.2) is 6.72 Å². The molecule has 0 saturated carbocycles. The van der Waals surface area contributed by atoms with E-state index < -0.39 is 11.6 Å². The van der Waals surface area contributed by atoms with Crippen molar-refractivity contribution < 1.29 is 8.78 Å². The molecule has 0 amide bonds. The molecule has 0 aliphatic heterocycles. The van der Waals surface area contributed by atoms with E-state index in [1.807, 2.05) is 26.0 Å². The quantitative estimate of drug-likeness (QED) is 0.525. The van der Waals surface area contributed by atoms with Gasteiger partial charge in [-0.25, -0.2) is 14.6 Å². The summed E-state index contributed by atoms with van der Waals surface area (Å²) in [6.45, 7) is 8.78. The third-order valence-electron chi connectivity index (χ3n) is 3.84. The van der Waals surface area contributed by atoms with Gasteiger partial charge in [0.25, 0.3) is 0 Å². The molecule has 3 nitrogen and oxygen atoms in total. The highest BCUT2D eigenvalue weighted by Gasteiger charge is 2.18. The number of halogens is 2. The van der Waals surface area contributed by atoms with Crippen LogP contribution in [0.3, 0.4) is 0 Å². The second-order valence-corrected chi connectivity index (χ2v) is 5.17. The Bertz CT molecular complexity index is 726. The summed E-state index contributed by atoms with van der Waals surface area (Å²) in [6, 6.07) is 6.37. The lowest BCUT2D eigenvalue weighted by Gasteiger charge is -2.20. The van der Waals surface area contributed by atoms with Gasteiger partial charge in [0.05, 0.1) is 5.69 Å². The second-order valence-electron chi connectivity index (χ2n) is 5.17. The maximum absolute atomic E-state index is 14.5. The van der Waals surface area contributed by atoms with Gasteiger partial charge >= 0.3 is 0 Å². The van der Waals surface area contributed by atoms with Crippen molar-refractivity contribution in [3.8, 4) is 11.1 Å². The third kappa shape index (κ3) is 2.72. The third-order valence-corrected chi connectivity index (χ3v) is 3.84. The smallest absolute Gasteiger partial charge is 0.136 e. The molecule has 2 aromatic carbocycles. The summed E-state index contributed by atoms with van der Waals surface area (Å²) < 4.78 is 28.0. The molecule has 0 heterocycles. The molecule has 0 atom stereocenters. The standard InChI is InChI=1S/C17H19F2N3/c1-5-12-9-16(22(20)21-4)14(8-10(12)2)13-6-7-15(18)11(3)17(13)19/h6-9H,4-5,20H2,1-3H3. The summed E-state index contributed by atoms with van der Waals surface area (Å²) in [4.78, 5) is 0. The molecule has 0 spiro atoms. The fourth-order valence-corrected chi connectivity index (χ4v) is 2.47. The number of nitrogens with two attached hydrogens (primary N) is 1. The number of benzene rings is 2. The molecule has 0 fully saturated rings. The van der Waals surface area contributed by atoms with E-state index in [-0.39, 0.29) is 5.56 Å². The van der Waals surface area contributed by atoms with Crippen molar-refractivity contribution in [2.24, 2.45) is 10.9 Å². The molecule has 0 aliphatic carbocycles. The minimum atomic E-state index is -0.595. The Hall–Kier alpha value is -2.27. The lowest BCUT2D eigenvalue weighted by atomic mass is 9.95. The van der Waals surface area contributed by atoms with Gasteiger partial charge in [-0.2, -0.15) is 10.2 Å². The Balaban J connectivity index is 2.76. The van der Waals surface area contributed by atoms with Gasteiger partial charge in [-0.05, 0) is 55.7 Å². The van der Waals surface area contributed by atoms with E-state index in [9.17, 15) is 8.78 Å². The monoisotopic (exact) mass is 303 g/mol. The van der Waals surface area contributed by atoms with Gasteiger partial charge < -0.3 is 0 Å². The van der Waals surface area contributed by atoms with E-state index in [2.05, 4.69) is 11.8 Å². The number of anilines is 1. The normalized spacial score (nSPS) is 10.6. The van der Waals surface area contributed by atoms with Crippen LogP contribution < -0.4 is 11.0 Å². The lowest BCUT2D eigenvalue weighted by molar-refractivity contribution is 0.570. The number of hydrogen-bond acceptors (Lipinski definition) is 3. The predicted octanol–water partition coefficient (Wildman–Crippen LogP) is 4.11. The minimum absolute atomic E-state index is 0.0178. The molecule has 0 aromatic heterocycles. The highest BCUT2D eigenvalue weighted by molar-refractivity contribution is 5.80. The van der Waals surface area contributed by atoms with E-state index >= 15 is 0 Å². The number of nitrogens with zero attached hydrogens (tertiary/aromatic N) is 2. The van der Waals surface area contributed by atoms with Gasteiger partial charge in [-0.15, -0.1) is 0 Å². The molecular formula is C17H19F2N3. The fraction of sp³-hybridized carbons (Fsp3) is 0.235. The van der Waals surface area contributed by atoms with Crippen molar-refractivity contribution in [1.29, 1.82) is 0 Å². The molecule has 0 aliphatic rings. The first kappa shape index (κ1) is 16.1. The van der Waals surface area contributed by atoms with Gasteiger partial charge in [0.2, 0.25) is 0 Å². The molecule has 22 heavy (non-hydrogen) atoms. The van der Waals surface area contributed by atoms with E-state index in [0.717, 1.165) is 22.7 Å². The van der Waals surface area contributed by atoms with Crippen LogP contribution in [0, 0.1) is 25.5 Å². The van der Waals surface area contributed by atoms with Gasteiger partial charge in [-0.3, -0.25) is 0 Å². The molecule has 2 aromatic rings. The summed E-state index contributed by atoms with van der Waals surface area (Å²) in [6.07, 6.45) is 0.815. The average Bonchev–Trinajstić information content (AvgIpc) is 2.52. The Morgan fingerprint density at radius 3 is 2.45 bits per heavy atom. The summed E-state index contributed by atoms with van der Waals surface area (Å²) in [7, 11) is 0. The molecule has 0 radical (unpaired) electrons. The molecule has 2 rings (SSSR count).